The lowest BCUT2D eigenvalue weighted by atomic mass is 10.3. The molecule has 2 heterocycles. The van der Waals surface area contributed by atoms with Crippen LogP contribution in [0.15, 0.2) is 42.7 Å². The number of aromatic nitrogens is 2. The highest BCUT2D eigenvalue weighted by Gasteiger charge is 2.20. The molecular formula is C15H18ClN3O3. The highest BCUT2D eigenvalue weighted by Crippen LogP contribution is 2.14. The fraction of sp³-hybridized carbons (Fsp3) is 0.267. The summed E-state index contributed by atoms with van der Waals surface area (Å²) in [5.74, 6) is -0.0675. The van der Waals surface area contributed by atoms with Gasteiger partial charge in [0.25, 0.3) is 5.91 Å². The van der Waals surface area contributed by atoms with Crippen LogP contribution in [-0.2, 0) is 9.53 Å². The largest absolute Gasteiger partial charge is 0.466 e. The molecule has 0 aliphatic rings. The Morgan fingerprint density at radius 2 is 2.09 bits per heavy atom. The molecule has 0 bridgehead atoms. The Balaban J connectivity index is 0.00000242. The molecule has 0 aromatic carbocycles. The van der Waals surface area contributed by atoms with Crippen molar-refractivity contribution >= 4 is 30.1 Å². The van der Waals surface area contributed by atoms with E-state index in [2.05, 4.69) is 9.97 Å². The van der Waals surface area contributed by atoms with Gasteiger partial charge in [-0.1, -0.05) is 6.07 Å². The molecule has 2 rings (SSSR count). The first kappa shape index (κ1) is 17.7. The van der Waals surface area contributed by atoms with Crippen molar-refractivity contribution in [3.63, 3.8) is 0 Å². The maximum atomic E-state index is 12.5. The third-order valence-electron chi connectivity index (χ3n) is 2.84. The van der Waals surface area contributed by atoms with E-state index in [9.17, 15) is 9.59 Å². The Morgan fingerprint density at radius 1 is 1.27 bits per heavy atom. The van der Waals surface area contributed by atoms with E-state index < -0.39 is 0 Å². The quantitative estimate of drug-likeness (QED) is 0.828. The Hall–Kier alpha value is -2.34. The summed E-state index contributed by atoms with van der Waals surface area (Å²) in [6.45, 7) is 2.29. The van der Waals surface area contributed by atoms with E-state index in [1.54, 1.807) is 49.6 Å². The summed E-state index contributed by atoms with van der Waals surface area (Å²) in [6, 6.07) is 8.72. The third kappa shape index (κ3) is 4.60. The second-order valence-corrected chi connectivity index (χ2v) is 4.28. The molecule has 2 aromatic heterocycles. The number of nitrogens with one attached hydrogen (secondary N) is 1. The lowest BCUT2D eigenvalue weighted by Gasteiger charge is -2.20. The topological polar surface area (TPSA) is 75.3 Å². The molecule has 118 valence electrons. The molecule has 0 aliphatic heterocycles. The predicted octanol–water partition coefficient (Wildman–Crippen LogP) is 2.43. The minimum atomic E-state index is -0.335. The van der Waals surface area contributed by atoms with Crippen molar-refractivity contribution < 1.29 is 14.3 Å². The summed E-state index contributed by atoms with van der Waals surface area (Å²) < 4.78 is 4.89. The number of halogens is 1. The molecule has 22 heavy (non-hydrogen) atoms. The monoisotopic (exact) mass is 323 g/mol. The van der Waals surface area contributed by atoms with E-state index >= 15 is 0 Å². The van der Waals surface area contributed by atoms with Crippen molar-refractivity contribution in [2.24, 2.45) is 0 Å². The first-order chi connectivity index (χ1) is 10.2. The Labute approximate surface area is 134 Å². The zero-order chi connectivity index (χ0) is 15.1. The molecule has 0 spiro atoms. The van der Waals surface area contributed by atoms with Gasteiger partial charge in [-0.05, 0) is 31.2 Å². The van der Waals surface area contributed by atoms with Gasteiger partial charge in [-0.15, -0.1) is 12.4 Å². The average molecular weight is 324 g/mol. The number of hydrogen-bond donors (Lipinski definition) is 1. The van der Waals surface area contributed by atoms with Gasteiger partial charge in [-0.2, -0.15) is 0 Å². The average Bonchev–Trinajstić information content (AvgIpc) is 3.03. The molecule has 2 aromatic rings. The molecule has 6 nitrogen and oxygen atoms in total. The van der Waals surface area contributed by atoms with Crippen LogP contribution >= 0.6 is 12.4 Å². The van der Waals surface area contributed by atoms with Crippen LogP contribution in [0.25, 0.3) is 0 Å². The number of amides is 1. The number of pyridine rings is 1. The number of aromatic amines is 1. The standard InChI is InChI=1S/C15H17N3O3.ClH/c1-2-21-14(19)8-11-18(13-7-3-4-9-17-13)15(20)12-6-5-10-16-12;/h3-7,9-10,16H,2,8,11H2,1H3;1H. The van der Waals surface area contributed by atoms with Gasteiger partial charge in [-0.3, -0.25) is 14.5 Å². The molecule has 0 atom stereocenters. The molecule has 0 radical (unpaired) electrons. The van der Waals surface area contributed by atoms with Crippen LogP contribution in [0.4, 0.5) is 5.82 Å². The van der Waals surface area contributed by atoms with Crippen LogP contribution in [-0.4, -0.2) is 35.0 Å². The van der Waals surface area contributed by atoms with E-state index in [1.165, 1.54) is 4.90 Å². The van der Waals surface area contributed by atoms with Gasteiger partial charge >= 0.3 is 5.97 Å². The lowest BCUT2D eigenvalue weighted by Crippen LogP contribution is -2.34. The molecule has 0 fully saturated rings. The van der Waals surface area contributed by atoms with Crippen LogP contribution < -0.4 is 4.90 Å². The van der Waals surface area contributed by atoms with Crippen molar-refractivity contribution in [2.75, 3.05) is 18.1 Å². The zero-order valence-corrected chi connectivity index (χ0v) is 13.0. The smallest absolute Gasteiger partial charge is 0.307 e. The van der Waals surface area contributed by atoms with E-state index in [0.717, 1.165) is 0 Å². The fourth-order valence-corrected chi connectivity index (χ4v) is 1.88. The van der Waals surface area contributed by atoms with E-state index in [-0.39, 0.29) is 37.2 Å². The van der Waals surface area contributed by atoms with Gasteiger partial charge < -0.3 is 9.72 Å². The molecule has 7 heteroatoms. The van der Waals surface area contributed by atoms with Crippen molar-refractivity contribution in [1.82, 2.24) is 9.97 Å². The number of carbonyl (C=O) groups is 2. The number of anilines is 1. The molecule has 0 saturated carbocycles. The molecule has 0 saturated heterocycles. The van der Waals surface area contributed by atoms with Gasteiger partial charge in [-0.25, -0.2) is 4.98 Å². The van der Waals surface area contributed by atoms with Gasteiger partial charge in [0.1, 0.15) is 11.5 Å². The van der Waals surface area contributed by atoms with Gasteiger partial charge in [0, 0.05) is 18.9 Å². The van der Waals surface area contributed by atoms with Crippen molar-refractivity contribution in [2.45, 2.75) is 13.3 Å². The highest BCUT2D eigenvalue weighted by atomic mass is 35.5. The number of H-pyrrole nitrogens is 1. The van der Waals surface area contributed by atoms with Crippen molar-refractivity contribution in [3.05, 3.63) is 48.4 Å². The molecule has 1 N–H and O–H groups in total. The number of carbonyl (C=O) groups excluding carboxylic acids is 2. The van der Waals surface area contributed by atoms with Crippen molar-refractivity contribution in [3.8, 4) is 0 Å². The SMILES string of the molecule is CCOC(=O)CCN(C(=O)c1ccc[nH]1)c1ccccn1.Cl. The number of rotatable bonds is 6. The second-order valence-electron chi connectivity index (χ2n) is 4.28. The minimum absolute atomic E-state index is 0. The normalized spacial score (nSPS) is 9.68. The summed E-state index contributed by atoms with van der Waals surface area (Å²) in [5, 5.41) is 0. The van der Waals surface area contributed by atoms with Crippen LogP contribution in [0.3, 0.4) is 0 Å². The summed E-state index contributed by atoms with van der Waals surface area (Å²) >= 11 is 0. The number of nitrogens with zero attached hydrogens (tertiary/aromatic N) is 2. The first-order valence-electron chi connectivity index (χ1n) is 6.74. The third-order valence-corrected chi connectivity index (χ3v) is 2.84. The van der Waals surface area contributed by atoms with E-state index in [4.69, 9.17) is 4.74 Å². The number of ether oxygens (including phenoxy) is 1. The van der Waals surface area contributed by atoms with Gasteiger partial charge in [0.2, 0.25) is 0 Å². The van der Waals surface area contributed by atoms with Crippen LogP contribution in [0, 0.1) is 0 Å². The maximum Gasteiger partial charge on any atom is 0.307 e. The first-order valence-corrected chi connectivity index (χ1v) is 6.74. The molecular weight excluding hydrogens is 306 g/mol. The summed E-state index contributed by atoms with van der Waals surface area (Å²) in [6.07, 6.45) is 3.40. The minimum Gasteiger partial charge on any atom is -0.466 e. The predicted molar refractivity (Wildman–Crippen MR) is 85.2 cm³/mol. The Kier molecular flexibility index (Phi) is 7.12. The van der Waals surface area contributed by atoms with Gasteiger partial charge in [0.05, 0.1) is 13.0 Å². The zero-order valence-electron chi connectivity index (χ0n) is 12.2. The second kappa shape index (κ2) is 8.84. The van der Waals surface area contributed by atoms with Crippen molar-refractivity contribution in [1.29, 1.82) is 0 Å². The lowest BCUT2D eigenvalue weighted by molar-refractivity contribution is -0.142. The number of hydrogen-bond acceptors (Lipinski definition) is 4. The fourth-order valence-electron chi connectivity index (χ4n) is 1.88. The van der Waals surface area contributed by atoms with E-state index in [0.29, 0.717) is 18.1 Å². The summed E-state index contributed by atoms with van der Waals surface area (Å²) in [7, 11) is 0. The summed E-state index contributed by atoms with van der Waals surface area (Å²) in [4.78, 5) is 32.5. The van der Waals surface area contributed by atoms with Gasteiger partial charge in [0.15, 0.2) is 0 Å². The van der Waals surface area contributed by atoms with E-state index in [1.807, 2.05) is 0 Å². The summed E-state index contributed by atoms with van der Waals surface area (Å²) in [5.41, 5.74) is 0.449. The highest BCUT2D eigenvalue weighted by molar-refractivity contribution is 6.04. The van der Waals surface area contributed by atoms with Crippen LogP contribution in [0.2, 0.25) is 0 Å². The molecule has 1 amide bonds. The maximum absolute atomic E-state index is 12.5. The molecule has 0 aliphatic carbocycles. The van der Waals surface area contributed by atoms with Crippen LogP contribution in [0.1, 0.15) is 23.8 Å². The van der Waals surface area contributed by atoms with Crippen LogP contribution in [0.5, 0.6) is 0 Å². The number of esters is 1. The Morgan fingerprint density at radius 3 is 2.68 bits per heavy atom. The molecule has 0 unspecified atom stereocenters. The Bertz CT molecular complexity index is 587.